The second kappa shape index (κ2) is 12.9. The second-order valence-corrected chi connectivity index (χ2v) is 13.2. The molecular weight excluding hydrogens is 581 g/mol. The summed E-state index contributed by atoms with van der Waals surface area (Å²) in [5.41, 5.74) is 4.46. The number of halogens is 1. The molecular formula is C36H42FN7O2. The zero-order valence-electron chi connectivity index (χ0n) is 26.6. The van der Waals surface area contributed by atoms with Gasteiger partial charge in [0.15, 0.2) is 5.83 Å². The van der Waals surface area contributed by atoms with E-state index < -0.39 is 17.8 Å². The Bertz CT molecular complexity index is 1680. The molecule has 0 bridgehead atoms. The molecule has 4 heterocycles. The van der Waals surface area contributed by atoms with Crippen molar-refractivity contribution in [2.75, 3.05) is 55.7 Å². The number of amides is 1. The minimum absolute atomic E-state index is 0.0824. The Labute approximate surface area is 270 Å². The lowest BCUT2D eigenvalue weighted by Gasteiger charge is -2.44. The first-order valence-electron chi connectivity index (χ1n) is 16.7. The van der Waals surface area contributed by atoms with Crippen LogP contribution in [0.1, 0.15) is 48.9 Å². The Kier molecular flexibility index (Phi) is 8.52. The summed E-state index contributed by atoms with van der Waals surface area (Å²) in [4.78, 5) is 34.8. The van der Waals surface area contributed by atoms with Crippen molar-refractivity contribution in [1.82, 2.24) is 19.8 Å². The maximum absolute atomic E-state index is 13.9. The summed E-state index contributed by atoms with van der Waals surface area (Å²) in [6.45, 7) is 17.2. The lowest BCUT2D eigenvalue weighted by molar-refractivity contribution is -0.131. The molecule has 3 aliphatic heterocycles. The molecule has 0 N–H and O–H groups in total. The van der Waals surface area contributed by atoms with E-state index in [0.29, 0.717) is 44.3 Å². The number of benzene rings is 2. The molecule has 9 nitrogen and oxygen atoms in total. The van der Waals surface area contributed by atoms with Crippen LogP contribution < -0.4 is 14.5 Å². The minimum Gasteiger partial charge on any atom is -0.462 e. The number of likely N-dealkylation sites (tertiary alicyclic amines) is 1. The molecule has 1 aromatic heterocycles. The number of aromatic nitrogens is 2. The van der Waals surface area contributed by atoms with Crippen LogP contribution in [0, 0.1) is 13.5 Å². The van der Waals surface area contributed by atoms with Gasteiger partial charge in [-0.2, -0.15) is 9.97 Å². The molecule has 3 aromatic rings. The van der Waals surface area contributed by atoms with Crippen LogP contribution in [0.15, 0.2) is 48.8 Å². The number of fused-ring (bicyclic) bond motifs is 2. The van der Waals surface area contributed by atoms with Crippen LogP contribution in [0.4, 0.5) is 15.9 Å². The average molecular weight is 624 g/mol. The summed E-state index contributed by atoms with van der Waals surface area (Å²) in [6.07, 6.45) is 7.04. The maximum Gasteiger partial charge on any atom is 0.318 e. The van der Waals surface area contributed by atoms with Crippen LogP contribution in [0.5, 0.6) is 6.01 Å². The fourth-order valence-electron chi connectivity index (χ4n) is 7.95. The van der Waals surface area contributed by atoms with Crippen molar-refractivity contribution >= 4 is 28.2 Å². The van der Waals surface area contributed by atoms with Crippen LogP contribution >= 0.6 is 0 Å². The summed E-state index contributed by atoms with van der Waals surface area (Å²) in [5.74, 6) is -0.934. The average Bonchev–Trinajstić information content (AvgIpc) is 3.57. The van der Waals surface area contributed by atoms with Crippen LogP contribution in [-0.2, 0) is 17.8 Å². The van der Waals surface area contributed by atoms with Crippen LogP contribution in [0.2, 0.25) is 0 Å². The van der Waals surface area contributed by atoms with Gasteiger partial charge in [-0.3, -0.25) is 9.69 Å². The normalized spacial score (nSPS) is 22.0. The number of carbonyl (C=O) groups excluding carboxylic acids is 1. The molecule has 4 aliphatic rings. The fourth-order valence-corrected chi connectivity index (χ4v) is 7.95. The third-order valence-corrected chi connectivity index (χ3v) is 10.4. The van der Waals surface area contributed by atoms with Gasteiger partial charge in [0.25, 0.3) is 5.91 Å². The van der Waals surface area contributed by atoms with E-state index in [4.69, 9.17) is 21.3 Å². The van der Waals surface area contributed by atoms with Crippen molar-refractivity contribution in [3.8, 4) is 6.01 Å². The van der Waals surface area contributed by atoms with E-state index >= 15 is 0 Å². The van der Waals surface area contributed by atoms with E-state index in [2.05, 4.69) is 69.4 Å². The largest absolute Gasteiger partial charge is 0.462 e. The molecule has 1 aliphatic carbocycles. The Morgan fingerprint density at radius 3 is 2.59 bits per heavy atom. The van der Waals surface area contributed by atoms with E-state index in [1.807, 2.05) is 0 Å². The molecule has 2 atom stereocenters. The first kappa shape index (κ1) is 30.4. The van der Waals surface area contributed by atoms with E-state index in [9.17, 15) is 9.18 Å². The highest BCUT2D eigenvalue weighted by Gasteiger charge is 2.38. The number of nitrogens with zero attached hydrogens (tertiary/aromatic N) is 7. The number of piperazine rings is 1. The van der Waals surface area contributed by atoms with Crippen molar-refractivity contribution in [2.45, 2.75) is 70.1 Å². The molecule has 1 saturated carbocycles. The summed E-state index contributed by atoms with van der Waals surface area (Å²) in [5, 5.41) is 2.48. The molecule has 7 rings (SSSR count). The maximum atomic E-state index is 13.9. The number of hydrogen-bond donors (Lipinski definition) is 0. The highest BCUT2D eigenvalue weighted by atomic mass is 19.1. The second-order valence-electron chi connectivity index (χ2n) is 13.2. The topological polar surface area (TPSA) is 69.4 Å². The first-order valence-corrected chi connectivity index (χ1v) is 16.7. The fraction of sp³-hybridized carbons (Fsp3) is 0.500. The molecule has 0 radical (unpaired) electrons. The first-order chi connectivity index (χ1) is 22.4. The third kappa shape index (κ3) is 5.77. The Balaban J connectivity index is 1.19. The van der Waals surface area contributed by atoms with Gasteiger partial charge in [-0.15, -0.1) is 0 Å². The van der Waals surface area contributed by atoms with Gasteiger partial charge in [-0.05, 0) is 49.6 Å². The molecule has 2 saturated heterocycles. The Morgan fingerprint density at radius 1 is 1.04 bits per heavy atom. The molecule has 10 heteroatoms. The molecule has 2 aromatic carbocycles. The van der Waals surface area contributed by atoms with Gasteiger partial charge in [0.1, 0.15) is 18.5 Å². The van der Waals surface area contributed by atoms with Gasteiger partial charge < -0.3 is 24.3 Å². The zero-order chi connectivity index (χ0) is 31.8. The summed E-state index contributed by atoms with van der Waals surface area (Å²) >= 11 is 0. The molecule has 1 unspecified atom stereocenters. The highest BCUT2D eigenvalue weighted by Crippen LogP contribution is 2.36. The smallest absolute Gasteiger partial charge is 0.318 e. The number of anilines is 2. The summed E-state index contributed by atoms with van der Waals surface area (Å²) in [7, 11) is 0. The molecule has 3 fully saturated rings. The lowest BCUT2D eigenvalue weighted by atomic mass is 9.99. The van der Waals surface area contributed by atoms with E-state index in [0.717, 1.165) is 43.0 Å². The zero-order valence-corrected chi connectivity index (χ0v) is 26.6. The molecule has 46 heavy (non-hydrogen) atoms. The van der Waals surface area contributed by atoms with Crippen molar-refractivity contribution < 1.29 is 13.9 Å². The molecule has 240 valence electrons. The number of carbonyl (C=O) groups is 1. The van der Waals surface area contributed by atoms with Crippen molar-refractivity contribution in [3.05, 3.63) is 77.0 Å². The SMILES string of the molecule is [C-]#[N+]C[C@H]1CN(c2nc(OCC3CCN3C3CCCC3)nc3c2CCN(c2cccc4cccc(C)c24)C3)CCN1C(=O)C(=C)F. The van der Waals surface area contributed by atoms with Crippen LogP contribution in [0.25, 0.3) is 15.6 Å². The van der Waals surface area contributed by atoms with Crippen molar-refractivity contribution in [2.24, 2.45) is 0 Å². The van der Waals surface area contributed by atoms with Crippen molar-refractivity contribution in [1.29, 1.82) is 0 Å². The van der Waals surface area contributed by atoms with Crippen LogP contribution in [0.3, 0.4) is 0 Å². The third-order valence-electron chi connectivity index (χ3n) is 10.4. The van der Waals surface area contributed by atoms with Gasteiger partial charge in [-0.25, -0.2) is 11.0 Å². The predicted octanol–water partition coefficient (Wildman–Crippen LogP) is 5.32. The molecule has 1 amide bonds. The van der Waals surface area contributed by atoms with E-state index in [1.54, 1.807) is 0 Å². The standard InChI is InChI=1S/C36H42FN7O2/c1-24-8-6-9-26-10-7-13-32(33(24)26)41-16-15-30-31(22-41)39-36(46-23-28-14-17-43(28)27-11-4-5-12-27)40-34(30)42-18-19-44(35(45)25(2)37)29(21-42)20-38-3/h6-10,13,27-29H,2,4-5,11-12,14-23H2,1H3/t28?,29-/m0/s1. The lowest BCUT2D eigenvalue weighted by Crippen LogP contribution is -2.57. The van der Waals surface area contributed by atoms with Gasteiger partial charge in [0.2, 0.25) is 6.54 Å². The summed E-state index contributed by atoms with van der Waals surface area (Å²) in [6, 6.07) is 13.9. The van der Waals surface area contributed by atoms with E-state index in [-0.39, 0.29) is 13.1 Å². The Hall–Kier alpha value is -4.23. The Morgan fingerprint density at radius 2 is 1.85 bits per heavy atom. The monoisotopic (exact) mass is 623 g/mol. The number of hydrogen-bond acceptors (Lipinski definition) is 7. The van der Waals surface area contributed by atoms with Crippen molar-refractivity contribution in [3.63, 3.8) is 0 Å². The molecule has 0 spiro atoms. The number of ether oxygens (including phenoxy) is 1. The van der Waals surface area contributed by atoms with Gasteiger partial charge >= 0.3 is 6.01 Å². The van der Waals surface area contributed by atoms with Gasteiger partial charge in [-0.1, -0.05) is 49.8 Å². The van der Waals surface area contributed by atoms with Crippen LogP contribution in [-0.4, -0.2) is 89.7 Å². The number of rotatable bonds is 8. The predicted molar refractivity (Wildman–Crippen MR) is 178 cm³/mol. The highest BCUT2D eigenvalue weighted by molar-refractivity contribution is 5.97. The van der Waals surface area contributed by atoms with Gasteiger partial charge in [0, 0.05) is 61.4 Å². The van der Waals surface area contributed by atoms with E-state index in [1.165, 1.54) is 52.6 Å². The summed E-state index contributed by atoms with van der Waals surface area (Å²) < 4.78 is 20.3. The quantitative estimate of drug-likeness (QED) is 0.249. The minimum atomic E-state index is -0.995. The number of aryl methyl sites for hydroxylation is 1. The van der Waals surface area contributed by atoms with Gasteiger partial charge in [0.05, 0.1) is 12.2 Å².